The van der Waals surface area contributed by atoms with Crippen molar-refractivity contribution in [1.29, 1.82) is 0 Å². The molecule has 96 valence electrons. The summed E-state index contributed by atoms with van der Waals surface area (Å²) in [5, 5.41) is 0.714. The van der Waals surface area contributed by atoms with Gasteiger partial charge in [0, 0.05) is 19.2 Å². The van der Waals surface area contributed by atoms with Crippen LogP contribution < -0.4 is 0 Å². The molecule has 1 amide bonds. The summed E-state index contributed by atoms with van der Waals surface area (Å²) < 4.78 is 0. The van der Waals surface area contributed by atoms with Crippen molar-refractivity contribution in [2.24, 2.45) is 0 Å². The van der Waals surface area contributed by atoms with E-state index in [2.05, 4.69) is 4.98 Å². The van der Waals surface area contributed by atoms with E-state index in [0.717, 1.165) is 24.6 Å². The standard InChI is InChI=1S/C13H16N2O2S/c1-2-12(16)15-9-5-6-10(15)13(17)18-11-7-3-4-8-14-11/h3-4,7-8,10H,2,5-6,9H2,1H3/t10-/m0/s1. The van der Waals surface area contributed by atoms with Crippen LogP contribution >= 0.6 is 11.8 Å². The zero-order valence-corrected chi connectivity index (χ0v) is 11.2. The highest BCUT2D eigenvalue weighted by Crippen LogP contribution is 2.26. The molecular weight excluding hydrogens is 248 g/mol. The molecular formula is C13H16N2O2S. The van der Waals surface area contributed by atoms with Gasteiger partial charge in [-0.05, 0) is 36.7 Å². The first-order valence-corrected chi connectivity index (χ1v) is 6.96. The van der Waals surface area contributed by atoms with Gasteiger partial charge in [-0.3, -0.25) is 9.59 Å². The number of hydrogen-bond donors (Lipinski definition) is 0. The summed E-state index contributed by atoms with van der Waals surface area (Å²) in [4.78, 5) is 29.7. The molecule has 1 aliphatic heterocycles. The molecule has 0 radical (unpaired) electrons. The molecule has 1 aromatic rings. The minimum absolute atomic E-state index is 0.0213. The number of amides is 1. The Hall–Kier alpha value is -1.36. The van der Waals surface area contributed by atoms with Gasteiger partial charge in [0.2, 0.25) is 11.0 Å². The summed E-state index contributed by atoms with van der Waals surface area (Å²) in [6.45, 7) is 2.53. The van der Waals surface area contributed by atoms with Gasteiger partial charge in [0.1, 0.15) is 11.1 Å². The SMILES string of the molecule is CCC(=O)N1CCC[C@H]1C(=O)Sc1ccccn1. The first kappa shape index (κ1) is 13.1. The Kier molecular flexibility index (Phi) is 4.36. The number of carbonyl (C=O) groups is 2. The Morgan fingerprint density at radius 3 is 3.00 bits per heavy atom. The molecule has 0 unspecified atom stereocenters. The van der Waals surface area contributed by atoms with E-state index in [1.165, 1.54) is 0 Å². The van der Waals surface area contributed by atoms with Crippen molar-refractivity contribution in [2.75, 3.05) is 6.54 Å². The Bertz CT molecular complexity index is 436. The fourth-order valence-electron chi connectivity index (χ4n) is 2.09. The maximum Gasteiger partial charge on any atom is 0.222 e. The number of nitrogens with zero attached hydrogens (tertiary/aromatic N) is 2. The topological polar surface area (TPSA) is 50.3 Å². The maximum atomic E-state index is 12.2. The third-order valence-corrected chi connectivity index (χ3v) is 3.91. The first-order chi connectivity index (χ1) is 8.72. The van der Waals surface area contributed by atoms with Gasteiger partial charge in [-0.1, -0.05) is 13.0 Å². The normalized spacial score (nSPS) is 18.9. The highest BCUT2D eigenvalue weighted by Gasteiger charge is 2.33. The molecule has 0 spiro atoms. The van der Waals surface area contributed by atoms with E-state index >= 15 is 0 Å². The van der Waals surface area contributed by atoms with Crippen LogP contribution in [0.2, 0.25) is 0 Å². The third kappa shape index (κ3) is 2.90. The van der Waals surface area contributed by atoms with Crippen molar-refractivity contribution in [3.8, 4) is 0 Å². The molecule has 0 saturated carbocycles. The van der Waals surface area contributed by atoms with Crippen LogP contribution in [0.1, 0.15) is 26.2 Å². The second-order valence-electron chi connectivity index (χ2n) is 4.19. The van der Waals surface area contributed by atoms with Crippen LogP contribution in [0.25, 0.3) is 0 Å². The highest BCUT2D eigenvalue weighted by molar-refractivity contribution is 8.13. The lowest BCUT2D eigenvalue weighted by molar-refractivity contribution is -0.134. The molecule has 2 rings (SSSR count). The number of hydrogen-bond acceptors (Lipinski definition) is 4. The summed E-state index contributed by atoms with van der Waals surface area (Å²) in [5.74, 6) is 0.0625. The molecule has 1 saturated heterocycles. The molecule has 0 aliphatic carbocycles. The van der Waals surface area contributed by atoms with Crippen molar-refractivity contribution < 1.29 is 9.59 Å². The van der Waals surface area contributed by atoms with Gasteiger partial charge in [0.05, 0.1) is 0 Å². The van der Waals surface area contributed by atoms with Gasteiger partial charge in [-0.25, -0.2) is 4.98 Å². The number of pyridine rings is 1. The Morgan fingerprint density at radius 1 is 1.50 bits per heavy atom. The molecule has 1 aromatic heterocycles. The lowest BCUT2D eigenvalue weighted by Gasteiger charge is -2.22. The van der Waals surface area contributed by atoms with Gasteiger partial charge < -0.3 is 4.90 Å². The summed E-state index contributed by atoms with van der Waals surface area (Å²) >= 11 is 1.13. The largest absolute Gasteiger partial charge is 0.332 e. The van der Waals surface area contributed by atoms with E-state index in [0.29, 0.717) is 18.0 Å². The summed E-state index contributed by atoms with van der Waals surface area (Å²) in [7, 11) is 0. The molecule has 0 aromatic carbocycles. The fraction of sp³-hybridized carbons (Fsp3) is 0.462. The van der Waals surface area contributed by atoms with Crippen LogP contribution in [-0.2, 0) is 9.59 Å². The average Bonchev–Trinajstić information content (AvgIpc) is 2.88. The van der Waals surface area contributed by atoms with E-state index < -0.39 is 0 Å². The maximum absolute atomic E-state index is 12.2. The van der Waals surface area contributed by atoms with Gasteiger partial charge in [-0.2, -0.15) is 0 Å². The Labute approximate surface area is 111 Å². The molecule has 2 heterocycles. The van der Waals surface area contributed by atoms with E-state index in [9.17, 15) is 9.59 Å². The summed E-state index contributed by atoms with van der Waals surface area (Å²) in [6.07, 6.45) is 3.80. The molecule has 1 aliphatic rings. The summed E-state index contributed by atoms with van der Waals surface area (Å²) in [5.41, 5.74) is 0. The lowest BCUT2D eigenvalue weighted by atomic mass is 10.2. The first-order valence-electron chi connectivity index (χ1n) is 6.14. The van der Waals surface area contributed by atoms with Crippen LogP contribution in [0, 0.1) is 0 Å². The zero-order valence-electron chi connectivity index (χ0n) is 10.3. The fourth-order valence-corrected chi connectivity index (χ4v) is 2.94. The summed E-state index contributed by atoms with van der Waals surface area (Å²) in [6, 6.07) is 5.21. The predicted octanol–water partition coefficient (Wildman–Crippen LogP) is 2.10. The Balaban J connectivity index is 2.02. The van der Waals surface area contributed by atoms with Gasteiger partial charge in [0.25, 0.3) is 0 Å². The van der Waals surface area contributed by atoms with Crippen molar-refractivity contribution in [3.63, 3.8) is 0 Å². The van der Waals surface area contributed by atoms with E-state index in [4.69, 9.17) is 0 Å². The number of likely N-dealkylation sites (tertiary alicyclic amines) is 1. The monoisotopic (exact) mass is 264 g/mol. The van der Waals surface area contributed by atoms with Crippen LogP contribution in [0.3, 0.4) is 0 Å². The van der Waals surface area contributed by atoms with Crippen LogP contribution in [0.5, 0.6) is 0 Å². The van der Waals surface area contributed by atoms with Crippen molar-refractivity contribution in [2.45, 2.75) is 37.3 Å². The zero-order chi connectivity index (χ0) is 13.0. The number of aromatic nitrogens is 1. The molecule has 5 heteroatoms. The molecule has 0 bridgehead atoms. The van der Waals surface area contributed by atoms with Gasteiger partial charge in [0.15, 0.2) is 0 Å². The second kappa shape index (κ2) is 6.00. The van der Waals surface area contributed by atoms with E-state index in [1.807, 2.05) is 25.1 Å². The van der Waals surface area contributed by atoms with Crippen molar-refractivity contribution >= 4 is 22.8 Å². The molecule has 1 fully saturated rings. The smallest absolute Gasteiger partial charge is 0.222 e. The second-order valence-corrected chi connectivity index (χ2v) is 5.21. The quantitative estimate of drug-likeness (QED) is 0.784. The highest BCUT2D eigenvalue weighted by atomic mass is 32.2. The lowest BCUT2D eigenvalue weighted by Crippen LogP contribution is -2.39. The predicted molar refractivity (Wildman–Crippen MR) is 70.1 cm³/mol. The van der Waals surface area contributed by atoms with Crippen LogP contribution in [0.4, 0.5) is 0 Å². The molecule has 4 nitrogen and oxygen atoms in total. The third-order valence-electron chi connectivity index (χ3n) is 2.99. The minimum atomic E-state index is -0.274. The van der Waals surface area contributed by atoms with Crippen LogP contribution in [-0.4, -0.2) is 33.5 Å². The van der Waals surface area contributed by atoms with E-state index in [1.54, 1.807) is 11.1 Å². The van der Waals surface area contributed by atoms with Crippen molar-refractivity contribution in [1.82, 2.24) is 9.88 Å². The van der Waals surface area contributed by atoms with Gasteiger partial charge >= 0.3 is 0 Å². The molecule has 0 N–H and O–H groups in total. The van der Waals surface area contributed by atoms with E-state index in [-0.39, 0.29) is 17.1 Å². The Morgan fingerprint density at radius 2 is 2.33 bits per heavy atom. The van der Waals surface area contributed by atoms with Crippen molar-refractivity contribution in [3.05, 3.63) is 24.4 Å². The number of rotatable bonds is 3. The van der Waals surface area contributed by atoms with Gasteiger partial charge in [-0.15, -0.1) is 0 Å². The number of thioether (sulfide) groups is 1. The number of carbonyl (C=O) groups excluding carboxylic acids is 2. The minimum Gasteiger partial charge on any atom is -0.332 e. The average molecular weight is 264 g/mol. The van der Waals surface area contributed by atoms with Crippen LogP contribution in [0.15, 0.2) is 29.4 Å². The molecule has 18 heavy (non-hydrogen) atoms. The molecule has 1 atom stereocenters.